The molecule has 0 amide bonds. The molecule has 12 heteroatoms. The van der Waals surface area contributed by atoms with Gasteiger partial charge >= 0.3 is 51.4 Å². The fourth-order valence-electron chi connectivity index (χ4n) is 3.56. The summed E-state index contributed by atoms with van der Waals surface area (Å²) in [6.45, 7) is 33.4. The molecule has 2 aliphatic rings. The van der Waals surface area contributed by atoms with Crippen LogP contribution in [0.5, 0.6) is 0 Å². The van der Waals surface area contributed by atoms with Crippen molar-refractivity contribution in [2.45, 2.75) is 58.7 Å². The van der Waals surface area contributed by atoms with E-state index >= 15 is 0 Å². The molecule has 0 radical (unpaired) electrons. The topological polar surface area (TPSA) is 55.4 Å². The summed E-state index contributed by atoms with van der Waals surface area (Å²) in [5.41, 5.74) is 9.08. The van der Waals surface area contributed by atoms with E-state index in [1.165, 1.54) is 0 Å². The van der Waals surface area contributed by atoms with Gasteiger partial charge in [-0.1, -0.05) is 41.8 Å². The van der Waals surface area contributed by atoms with E-state index in [2.05, 4.69) is 46.4 Å². The third-order valence-electron chi connectivity index (χ3n) is 5.02. The van der Waals surface area contributed by atoms with E-state index in [4.69, 9.17) is 24.7 Å². The Morgan fingerprint density at radius 2 is 0.710 bits per heavy atom. The van der Waals surface area contributed by atoms with Crippen LogP contribution in [0.25, 0.3) is 0 Å². The lowest BCUT2D eigenvalue weighted by molar-refractivity contribution is 0.239. The van der Waals surface area contributed by atoms with Crippen LogP contribution in [0.2, 0.25) is 45.3 Å². The number of rotatable bonds is 7. The average molecular weight is 533 g/mol. The molecule has 0 saturated carbocycles. The first-order valence-corrected chi connectivity index (χ1v) is 25.0. The van der Waals surface area contributed by atoms with Crippen LogP contribution in [0.1, 0.15) is 13.3 Å². The van der Waals surface area contributed by atoms with Gasteiger partial charge in [-0.15, -0.1) is 32.9 Å². The molecular formula is C19H40O6Si6. The zero-order chi connectivity index (χ0) is 24.2. The van der Waals surface area contributed by atoms with Gasteiger partial charge in [0.15, 0.2) is 0 Å². The fraction of sp³-hybridized carbons (Fsp3) is 0.474. The molecule has 31 heavy (non-hydrogen) atoms. The normalized spacial score (nSPS) is 44.9. The second-order valence-electron chi connectivity index (χ2n) is 8.60. The molecule has 176 valence electrons. The maximum absolute atomic E-state index is 6.15. The predicted molar refractivity (Wildman–Crippen MR) is 142 cm³/mol. The van der Waals surface area contributed by atoms with Gasteiger partial charge in [-0.3, -0.25) is 0 Å². The molecule has 6 nitrogen and oxygen atoms in total. The van der Waals surface area contributed by atoms with Crippen LogP contribution >= 0.6 is 0 Å². The van der Waals surface area contributed by atoms with Gasteiger partial charge in [0.1, 0.15) is 0 Å². The highest BCUT2D eigenvalue weighted by Crippen LogP contribution is 2.34. The van der Waals surface area contributed by atoms with Gasteiger partial charge in [0, 0.05) is 0 Å². The van der Waals surface area contributed by atoms with E-state index in [-0.39, 0.29) is 0 Å². The summed E-state index contributed by atoms with van der Waals surface area (Å²) in [5.74, 6) is 0. The number of hydrogen-bond acceptors (Lipinski definition) is 6. The highest BCUT2D eigenvalue weighted by molar-refractivity contribution is 6.98. The smallest absolute Gasteiger partial charge is 0.344 e. The van der Waals surface area contributed by atoms with E-state index in [1.807, 2.05) is 44.1 Å². The molecule has 2 atom stereocenters. The molecule has 0 aliphatic carbocycles. The highest BCUT2D eigenvalue weighted by atomic mass is 28.5. The third-order valence-corrected chi connectivity index (χ3v) is 29.8. The SMILES string of the molecule is C=C[Si]1(C)O[Si](C)(C=C)O[Si](C)(C=C)O1.C=C[Si]1(C)O[Si](C)(C=C)O[Si](C)(CCC)O1. The largest absolute Gasteiger partial charge is 0.413 e. The summed E-state index contributed by atoms with van der Waals surface area (Å²) in [7, 11) is -13.5. The Morgan fingerprint density at radius 3 is 0.903 bits per heavy atom. The van der Waals surface area contributed by atoms with Crippen molar-refractivity contribution in [1.29, 1.82) is 0 Å². The quantitative estimate of drug-likeness (QED) is 0.400. The maximum atomic E-state index is 6.15. The summed E-state index contributed by atoms with van der Waals surface area (Å²) in [4.78, 5) is 0. The van der Waals surface area contributed by atoms with Gasteiger partial charge in [0.25, 0.3) is 0 Å². The zero-order valence-corrected chi connectivity index (χ0v) is 26.3. The predicted octanol–water partition coefficient (Wildman–Crippen LogP) is 5.57. The lowest BCUT2D eigenvalue weighted by atomic mass is 10.6. The van der Waals surface area contributed by atoms with Gasteiger partial charge in [0.05, 0.1) is 0 Å². The molecule has 2 unspecified atom stereocenters. The molecular weight excluding hydrogens is 493 g/mol. The molecule has 0 N–H and O–H groups in total. The molecule has 0 aromatic rings. The summed E-state index contributed by atoms with van der Waals surface area (Å²) in [6, 6.07) is 1.00. The van der Waals surface area contributed by atoms with Crippen LogP contribution < -0.4 is 0 Å². The fourth-order valence-corrected chi connectivity index (χ4v) is 31.6. The number of hydrogen-bond donors (Lipinski definition) is 0. The van der Waals surface area contributed by atoms with Crippen molar-refractivity contribution in [3.8, 4) is 0 Å². The van der Waals surface area contributed by atoms with Crippen LogP contribution in [0, 0.1) is 0 Å². The van der Waals surface area contributed by atoms with Crippen LogP contribution in [-0.4, -0.2) is 51.4 Å². The maximum Gasteiger partial charge on any atom is 0.344 e. The van der Waals surface area contributed by atoms with E-state index in [1.54, 1.807) is 17.1 Å². The Balaban J connectivity index is 0.000000311. The average Bonchev–Trinajstić information content (AvgIpc) is 2.67. The minimum absolute atomic E-state index is 1.00. The Kier molecular flexibility index (Phi) is 9.62. The first-order chi connectivity index (χ1) is 14.1. The Hall–Kier alpha value is -0.239. The zero-order valence-electron chi connectivity index (χ0n) is 20.3. The summed E-state index contributed by atoms with van der Waals surface area (Å²) in [6.07, 6.45) is 1.08. The van der Waals surface area contributed by atoms with E-state index in [0.29, 0.717) is 0 Å². The van der Waals surface area contributed by atoms with Crippen molar-refractivity contribution in [3.63, 3.8) is 0 Å². The molecule has 0 aromatic carbocycles. The van der Waals surface area contributed by atoms with Crippen LogP contribution in [0.15, 0.2) is 61.4 Å². The van der Waals surface area contributed by atoms with Crippen molar-refractivity contribution in [2.75, 3.05) is 0 Å². The minimum atomic E-state index is -2.30. The Morgan fingerprint density at radius 1 is 0.484 bits per heavy atom. The second-order valence-corrected chi connectivity index (χ2v) is 28.5. The molecule has 0 bridgehead atoms. The van der Waals surface area contributed by atoms with Gasteiger partial charge in [-0.2, -0.15) is 0 Å². The van der Waals surface area contributed by atoms with E-state index in [0.717, 1.165) is 12.5 Å². The van der Waals surface area contributed by atoms with Crippen molar-refractivity contribution in [2.24, 2.45) is 0 Å². The minimum Gasteiger partial charge on any atom is -0.413 e. The molecule has 2 saturated heterocycles. The van der Waals surface area contributed by atoms with Gasteiger partial charge in [0.2, 0.25) is 0 Å². The summed E-state index contributed by atoms with van der Waals surface area (Å²) >= 11 is 0. The van der Waals surface area contributed by atoms with Crippen molar-refractivity contribution in [3.05, 3.63) is 61.4 Å². The molecule has 2 heterocycles. The standard InChI is InChI=1S/C10H22O3Si3.C9H18O3Si3/c1-7-10-16(6)12-14(4,8-2)11-15(5,9-3)13-16;1-7-13(4)10-14(5,8-2)12-15(6,9-3)11-13/h8-9H,2-3,7,10H2,1,4-6H3;7-9H,1-3H2,4-6H3. The summed E-state index contributed by atoms with van der Waals surface area (Å²) < 4.78 is 36.2. The van der Waals surface area contributed by atoms with Gasteiger partial charge < -0.3 is 24.7 Å². The molecule has 0 aromatic heterocycles. The van der Waals surface area contributed by atoms with Gasteiger partial charge in [-0.25, -0.2) is 0 Å². The lowest BCUT2D eigenvalue weighted by Crippen LogP contribution is -2.66. The van der Waals surface area contributed by atoms with Crippen LogP contribution in [-0.2, 0) is 24.7 Å². The second kappa shape index (κ2) is 10.4. The first-order valence-electron chi connectivity index (χ1n) is 10.5. The molecule has 0 spiro atoms. The monoisotopic (exact) mass is 532 g/mol. The van der Waals surface area contributed by atoms with Crippen molar-refractivity contribution < 1.29 is 24.7 Å². The van der Waals surface area contributed by atoms with Gasteiger partial charge in [-0.05, 0) is 45.3 Å². The van der Waals surface area contributed by atoms with Crippen LogP contribution in [0.4, 0.5) is 0 Å². The van der Waals surface area contributed by atoms with Crippen molar-refractivity contribution >= 4 is 51.4 Å². The third kappa shape index (κ3) is 7.65. The summed E-state index contributed by atoms with van der Waals surface area (Å²) in [5, 5.41) is 0. The van der Waals surface area contributed by atoms with E-state index in [9.17, 15) is 0 Å². The van der Waals surface area contributed by atoms with E-state index < -0.39 is 51.4 Å². The lowest BCUT2D eigenvalue weighted by Gasteiger charge is -2.48. The molecule has 2 fully saturated rings. The molecule has 2 rings (SSSR count). The first kappa shape index (κ1) is 28.8. The van der Waals surface area contributed by atoms with Crippen molar-refractivity contribution in [1.82, 2.24) is 0 Å². The Labute approximate surface area is 195 Å². The van der Waals surface area contributed by atoms with Crippen LogP contribution in [0.3, 0.4) is 0 Å². The Bertz CT molecular complexity index is 642. The molecule has 2 aliphatic heterocycles. The highest BCUT2D eigenvalue weighted by Gasteiger charge is 2.54.